The van der Waals surface area contributed by atoms with E-state index in [9.17, 15) is 14.4 Å². The van der Waals surface area contributed by atoms with Crippen LogP contribution < -0.4 is 20.9 Å². The van der Waals surface area contributed by atoms with E-state index in [1.54, 1.807) is 19.9 Å². The second-order valence-electron chi connectivity index (χ2n) is 10.5. The predicted molar refractivity (Wildman–Crippen MR) is 128 cm³/mol. The number of urea groups is 1. The number of hydrogen-bond acceptors (Lipinski definition) is 8. The molecule has 4 amide bonds. The molecule has 2 aromatic rings. The van der Waals surface area contributed by atoms with Crippen molar-refractivity contribution in [3.63, 3.8) is 0 Å². The summed E-state index contributed by atoms with van der Waals surface area (Å²) in [6.45, 7) is 4.11. The van der Waals surface area contributed by atoms with Gasteiger partial charge in [0.15, 0.2) is 23.1 Å². The number of amides is 4. The fourth-order valence-corrected chi connectivity index (χ4v) is 6.56. The number of aromatic nitrogens is 1. The second kappa shape index (κ2) is 8.43. The van der Waals surface area contributed by atoms with E-state index in [1.165, 1.54) is 37.0 Å². The Labute approximate surface area is 207 Å². The molecule has 4 atom stereocenters. The number of barbiturate groups is 1. The topological polar surface area (TPSA) is 126 Å². The molecule has 0 bridgehead atoms. The Bertz CT molecular complexity index is 1220. The number of alkyl halides is 1. The fourth-order valence-electron chi connectivity index (χ4n) is 6.56. The zero-order valence-corrected chi connectivity index (χ0v) is 20.3. The maximum atomic E-state index is 15.8. The first-order valence-electron chi connectivity index (χ1n) is 12.7. The molecule has 36 heavy (non-hydrogen) atoms. The maximum Gasteiger partial charge on any atom is 0.328 e. The molecule has 10 nitrogen and oxygen atoms in total. The van der Waals surface area contributed by atoms with Crippen molar-refractivity contribution in [2.75, 3.05) is 16.8 Å². The van der Waals surface area contributed by atoms with E-state index in [0.717, 1.165) is 6.54 Å². The van der Waals surface area contributed by atoms with E-state index in [4.69, 9.17) is 9.26 Å². The van der Waals surface area contributed by atoms with Crippen LogP contribution in [0.5, 0.6) is 0 Å². The first kappa shape index (κ1) is 23.2. The molecular weight excluding hydrogens is 469 g/mol. The molecule has 3 fully saturated rings. The van der Waals surface area contributed by atoms with Crippen molar-refractivity contribution in [3.05, 3.63) is 17.7 Å². The summed E-state index contributed by atoms with van der Waals surface area (Å²) in [6.07, 6.45) is 2.99. The van der Waals surface area contributed by atoms with Gasteiger partial charge in [0.25, 0.3) is 0 Å². The van der Waals surface area contributed by atoms with Crippen molar-refractivity contribution < 1.29 is 28.0 Å². The average Bonchev–Trinajstić information content (AvgIpc) is 3.25. The summed E-state index contributed by atoms with van der Waals surface area (Å²) in [6, 6.07) is 1.70. The van der Waals surface area contributed by atoms with E-state index in [0.29, 0.717) is 34.0 Å². The smallest absolute Gasteiger partial charge is 0.328 e. The van der Waals surface area contributed by atoms with Crippen LogP contribution in [0.4, 0.5) is 20.7 Å². The molecule has 1 aromatic heterocycles. The van der Waals surface area contributed by atoms with Crippen molar-refractivity contribution >= 4 is 40.3 Å². The number of hydrogen-bond donors (Lipinski definition) is 3. The maximum absolute atomic E-state index is 15.8. The van der Waals surface area contributed by atoms with Crippen LogP contribution in [0.3, 0.4) is 0 Å². The number of rotatable bonds is 3. The Morgan fingerprint density at radius 3 is 2.56 bits per heavy atom. The fraction of sp³-hybridized carbons (Fsp3) is 0.600. The highest BCUT2D eigenvalue weighted by Gasteiger charge is 2.64. The largest absolute Gasteiger partial charge is 0.368 e. The van der Waals surface area contributed by atoms with Gasteiger partial charge in [-0.25, -0.2) is 9.18 Å². The van der Waals surface area contributed by atoms with E-state index in [-0.39, 0.29) is 6.42 Å². The van der Waals surface area contributed by atoms with E-state index >= 15 is 4.39 Å². The second-order valence-corrected chi connectivity index (χ2v) is 10.5. The molecule has 4 aliphatic rings. The predicted octanol–water partition coefficient (Wildman–Crippen LogP) is 3.01. The molecule has 0 radical (unpaired) electrons. The third-order valence-corrected chi connectivity index (χ3v) is 8.30. The van der Waals surface area contributed by atoms with Gasteiger partial charge in [-0.3, -0.25) is 20.2 Å². The molecular formula is C25H30FN5O5. The lowest BCUT2D eigenvalue weighted by Gasteiger charge is -2.56. The monoisotopic (exact) mass is 499 g/mol. The summed E-state index contributed by atoms with van der Waals surface area (Å²) in [5, 5.41) is 12.8. The van der Waals surface area contributed by atoms with Crippen LogP contribution in [-0.2, 0) is 20.7 Å². The van der Waals surface area contributed by atoms with Crippen LogP contribution in [0, 0.1) is 11.3 Å². The Balaban J connectivity index is 1.44. The van der Waals surface area contributed by atoms with Crippen molar-refractivity contribution in [2.24, 2.45) is 11.3 Å². The van der Waals surface area contributed by atoms with Crippen LogP contribution >= 0.6 is 0 Å². The minimum absolute atomic E-state index is 0.0214. The van der Waals surface area contributed by atoms with Gasteiger partial charge in [0, 0.05) is 18.3 Å². The molecule has 6 rings (SSSR count). The van der Waals surface area contributed by atoms with Crippen molar-refractivity contribution in [3.8, 4) is 0 Å². The number of nitrogens with one attached hydrogen (secondary N) is 3. The van der Waals surface area contributed by atoms with Crippen LogP contribution in [0.1, 0.15) is 51.5 Å². The van der Waals surface area contributed by atoms with Gasteiger partial charge in [-0.15, -0.1) is 0 Å². The number of imide groups is 2. The van der Waals surface area contributed by atoms with Gasteiger partial charge in [0.2, 0.25) is 11.8 Å². The molecule has 192 valence electrons. The molecule has 4 heterocycles. The molecule has 3 aliphatic heterocycles. The summed E-state index contributed by atoms with van der Waals surface area (Å²) in [5.41, 5.74) is -0.126. The molecule has 1 saturated carbocycles. The zero-order chi connectivity index (χ0) is 25.2. The van der Waals surface area contributed by atoms with Crippen LogP contribution in [-0.4, -0.2) is 54.1 Å². The van der Waals surface area contributed by atoms with Crippen molar-refractivity contribution in [1.82, 2.24) is 15.8 Å². The number of morpholine rings is 1. The van der Waals surface area contributed by atoms with Crippen molar-refractivity contribution in [1.29, 1.82) is 0 Å². The Morgan fingerprint density at radius 1 is 1.11 bits per heavy atom. The van der Waals surface area contributed by atoms with E-state index in [1.807, 2.05) is 6.07 Å². The van der Waals surface area contributed by atoms with Crippen LogP contribution in [0.2, 0.25) is 0 Å². The number of carbonyl (C=O) groups excluding carboxylic acids is 3. The summed E-state index contributed by atoms with van der Waals surface area (Å²) in [4.78, 5) is 40.0. The number of nitrogens with zero attached hydrogens (tertiary/aromatic N) is 2. The number of halogens is 1. The van der Waals surface area contributed by atoms with Crippen LogP contribution in [0.25, 0.3) is 11.0 Å². The van der Waals surface area contributed by atoms with Gasteiger partial charge < -0.3 is 19.5 Å². The van der Waals surface area contributed by atoms with Gasteiger partial charge in [-0.1, -0.05) is 24.4 Å². The lowest BCUT2D eigenvalue weighted by molar-refractivity contribution is -0.159. The van der Waals surface area contributed by atoms with Crippen molar-refractivity contribution in [2.45, 2.75) is 76.9 Å². The third kappa shape index (κ3) is 3.39. The summed E-state index contributed by atoms with van der Waals surface area (Å²) in [7, 11) is 0. The SMILES string of the molecule is C[C@@H]1O[C@H](C)[C@@H]2N(c3cc4onc(NCC5CCCCC5)c4cc3CC23C(=O)NC(=O)NC3=O)C1F. The molecule has 11 heteroatoms. The molecule has 1 unspecified atom stereocenters. The number of carbonyl (C=O) groups is 3. The van der Waals surface area contributed by atoms with E-state index in [2.05, 4.69) is 21.1 Å². The van der Waals surface area contributed by atoms with E-state index < -0.39 is 47.8 Å². The van der Waals surface area contributed by atoms with Gasteiger partial charge >= 0.3 is 6.03 Å². The zero-order valence-electron chi connectivity index (χ0n) is 20.3. The molecule has 1 spiro atoms. The first-order valence-corrected chi connectivity index (χ1v) is 12.7. The molecule has 2 saturated heterocycles. The minimum atomic E-state index is -1.74. The molecule has 3 N–H and O–H groups in total. The van der Waals surface area contributed by atoms with Crippen LogP contribution in [0.15, 0.2) is 16.7 Å². The highest BCUT2D eigenvalue weighted by molar-refractivity contribution is 6.20. The molecule has 1 aromatic carbocycles. The summed E-state index contributed by atoms with van der Waals surface area (Å²) < 4.78 is 27.2. The molecule has 1 aliphatic carbocycles. The Kier molecular flexibility index (Phi) is 5.43. The minimum Gasteiger partial charge on any atom is -0.368 e. The third-order valence-electron chi connectivity index (χ3n) is 8.30. The number of ether oxygens (including phenoxy) is 1. The quantitative estimate of drug-likeness (QED) is 0.435. The normalized spacial score (nSPS) is 30.1. The summed E-state index contributed by atoms with van der Waals surface area (Å²) >= 11 is 0. The first-order chi connectivity index (χ1) is 17.3. The average molecular weight is 500 g/mol. The highest BCUT2D eigenvalue weighted by atomic mass is 19.1. The Hall–Kier alpha value is -3.21. The number of benzene rings is 1. The van der Waals surface area contributed by atoms with Gasteiger partial charge in [-0.05, 0) is 50.7 Å². The number of fused-ring (bicyclic) bond motifs is 5. The van der Waals surface area contributed by atoms with Gasteiger partial charge in [-0.2, -0.15) is 0 Å². The summed E-state index contributed by atoms with van der Waals surface area (Å²) in [5.74, 6) is -0.351. The number of anilines is 2. The van der Waals surface area contributed by atoms with Gasteiger partial charge in [0.1, 0.15) is 6.10 Å². The highest BCUT2D eigenvalue weighted by Crippen LogP contribution is 2.49. The standard InChI is InChI=1S/C25H30FN5O5/c1-12-19-25(22(32)28-24(34)29-23(25)33)10-15-8-16-18(9-17(15)31(19)20(26)13(2)35-12)36-30-21(16)27-11-14-6-4-3-5-7-14/h8-9,12-14,19-20H,3-7,10-11H2,1-2H3,(H,27,30)(H2,28,29,32,33,34)/t12-,13+,19+,20?/m1/s1. The Morgan fingerprint density at radius 2 is 1.83 bits per heavy atom. The lowest BCUT2D eigenvalue weighted by atomic mass is 9.66. The van der Waals surface area contributed by atoms with Gasteiger partial charge in [0.05, 0.1) is 17.5 Å². The lowest BCUT2D eigenvalue weighted by Crippen LogP contribution is -2.76.